The number of likely N-dealkylation sites (tertiary alicyclic amines) is 1. The Bertz CT molecular complexity index is 609. The summed E-state index contributed by atoms with van der Waals surface area (Å²) in [6.45, 7) is 2.11. The van der Waals surface area contributed by atoms with Gasteiger partial charge >= 0.3 is 0 Å². The second-order valence-corrected chi connectivity index (χ2v) is 6.15. The van der Waals surface area contributed by atoms with Crippen LogP contribution in [0.25, 0.3) is 0 Å². The fourth-order valence-electron chi connectivity index (χ4n) is 3.12. The van der Waals surface area contributed by atoms with E-state index in [0.717, 1.165) is 19.3 Å². The van der Waals surface area contributed by atoms with E-state index in [1.165, 1.54) is 6.20 Å². The van der Waals surface area contributed by atoms with E-state index in [2.05, 4.69) is 9.97 Å². The molecule has 8 heteroatoms. The fraction of sp³-hybridized carbons (Fsp3) is 0.625. The molecule has 0 unspecified atom stereocenters. The van der Waals surface area contributed by atoms with Crippen molar-refractivity contribution in [1.82, 2.24) is 19.8 Å². The molecule has 2 saturated heterocycles. The molecule has 0 aliphatic carbocycles. The number of nitrogens with two attached hydrogens (primary N) is 1. The van der Waals surface area contributed by atoms with E-state index in [9.17, 15) is 9.59 Å². The molecule has 2 aliphatic heterocycles. The Hall–Kier alpha value is -2.22. The first-order valence-corrected chi connectivity index (χ1v) is 8.38. The lowest BCUT2D eigenvalue weighted by molar-refractivity contribution is -0.145. The summed E-state index contributed by atoms with van der Waals surface area (Å²) in [5.41, 5.74) is 6.40. The number of carbonyl (C=O) groups excluding carboxylic acids is 2. The van der Waals surface area contributed by atoms with E-state index in [-0.39, 0.29) is 24.5 Å². The van der Waals surface area contributed by atoms with Crippen molar-refractivity contribution in [3.63, 3.8) is 0 Å². The molecule has 0 radical (unpaired) electrons. The molecular weight excluding hydrogens is 310 g/mol. The molecule has 1 atom stereocenters. The Morgan fingerprint density at radius 2 is 2.08 bits per heavy atom. The third-order valence-corrected chi connectivity index (χ3v) is 4.48. The van der Waals surface area contributed by atoms with Crippen LogP contribution in [-0.4, -0.2) is 64.4 Å². The zero-order valence-electron chi connectivity index (χ0n) is 13.7. The maximum absolute atomic E-state index is 12.6. The van der Waals surface area contributed by atoms with Crippen molar-refractivity contribution in [2.75, 3.05) is 38.5 Å². The van der Waals surface area contributed by atoms with Gasteiger partial charge in [0, 0.05) is 31.9 Å². The molecule has 0 aromatic carbocycles. The summed E-state index contributed by atoms with van der Waals surface area (Å²) in [5, 5.41) is 0. The molecule has 0 spiro atoms. The molecule has 1 aromatic rings. The fourth-order valence-corrected chi connectivity index (χ4v) is 3.12. The van der Waals surface area contributed by atoms with Crippen LogP contribution in [0.2, 0.25) is 0 Å². The van der Waals surface area contributed by atoms with Crippen LogP contribution in [0.4, 0.5) is 5.82 Å². The van der Waals surface area contributed by atoms with Gasteiger partial charge in [0.15, 0.2) is 0 Å². The topological polar surface area (TPSA) is 102 Å². The van der Waals surface area contributed by atoms with E-state index in [1.54, 1.807) is 16.0 Å². The van der Waals surface area contributed by atoms with Crippen LogP contribution in [0.3, 0.4) is 0 Å². The number of aromatic nitrogens is 2. The van der Waals surface area contributed by atoms with Crippen molar-refractivity contribution < 1.29 is 14.3 Å². The highest BCUT2D eigenvalue weighted by molar-refractivity contribution is 5.85. The zero-order chi connectivity index (χ0) is 16.9. The van der Waals surface area contributed by atoms with Crippen LogP contribution in [0.5, 0.6) is 0 Å². The van der Waals surface area contributed by atoms with Gasteiger partial charge in [0.05, 0.1) is 19.7 Å². The number of amides is 2. The van der Waals surface area contributed by atoms with Gasteiger partial charge in [-0.1, -0.05) is 6.42 Å². The first-order chi connectivity index (χ1) is 11.6. The largest absolute Gasteiger partial charge is 0.382 e. The predicted octanol–water partition coefficient (Wildman–Crippen LogP) is 0.361. The van der Waals surface area contributed by atoms with Crippen LogP contribution >= 0.6 is 0 Å². The van der Waals surface area contributed by atoms with Gasteiger partial charge in [0.2, 0.25) is 11.8 Å². The summed E-state index contributed by atoms with van der Waals surface area (Å²) in [6.07, 6.45) is 6.16. The highest BCUT2D eigenvalue weighted by atomic mass is 16.5. The molecule has 130 valence electrons. The second-order valence-electron chi connectivity index (χ2n) is 6.15. The van der Waals surface area contributed by atoms with Gasteiger partial charge in [-0.3, -0.25) is 14.6 Å². The number of morpholine rings is 1. The van der Waals surface area contributed by atoms with Gasteiger partial charge < -0.3 is 20.3 Å². The third kappa shape index (κ3) is 3.81. The number of carbonyl (C=O) groups is 2. The standard InChI is InChI=1S/C16H23N5O3/c17-16-15(18-5-6-19-16)12-10-21(8-9-24-12)14(23)11-20-7-3-1-2-4-13(20)22/h5-6,12H,1-4,7-11H2,(H2,17,19)/t12-/m1/s1. The quantitative estimate of drug-likeness (QED) is 0.857. The van der Waals surface area contributed by atoms with Gasteiger partial charge in [-0.15, -0.1) is 0 Å². The summed E-state index contributed by atoms with van der Waals surface area (Å²) in [7, 11) is 0. The molecule has 2 amide bonds. The predicted molar refractivity (Wildman–Crippen MR) is 86.8 cm³/mol. The molecule has 24 heavy (non-hydrogen) atoms. The van der Waals surface area contributed by atoms with Gasteiger partial charge in [0.25, 0.3) is 0 Å². The lowest BCUT2D eigenvalue weighted by atomic mass is 10.2. The van der Waals surface area contributed by atoms with E-state index < -0.39 is 0 Å². The highest BCUT2D eigenvalue weighted by Crippen LogP contribution is 2.23. The lowest BCUT2D eigenvalue weighted by Crippen LogP contribution is -2.48. The SMILES string of the molecule is Nc1nccnc1[C@H]1CN(C(=O)CN2CCCCCC2=O)CCO1. The molecule has 2 N–H and O–H groups in total. The molecule has 0 bridgehead atoms. The Kier molecular flexibility index (Phi) is 5.24. The number of rotatable bonds is 3. The number of ether oxygens (including phenoxy) is 1. The van der Waals surface area contributed by atoms with Crippen molar-refractivity contribution >= 4 is 17.6 Å². The average Bonchev–Trinajstić information content (AvgIpc) is 2.80. The molecule has 3 heterocycles. The van der Waals surface area contributed by atoms with Gasteiger partial charge in [-0.05, 0) is 12.8 Å². The summed E-state index contributed by atoms with van der Waals surface area (Å²) in [4.78, 5) is 36.3. The number of hydrogen-bond acceptors (Lipinski definition) is 6. The summed E-state index contributed by atoms with van der Waals surface area (Å²) < 4.78 is 5.70. The monoisotopic (exact) mass is 333 g/mol. The van der Waals surface area contributed by atoms with Crippen molar-refractivity contribution in [3.05, 3.63) is 18.1 Å². The molecule has 8 nitrogen and oxygen atoms in total. The lowest BCUT2D eigenvalue weighted by Gasteiger charge is -2.34. The first-order valence-electron chi connectivity index (χ1n) is 8.38. The van der Waals surface area contributed by atoms with E-state index in [1.807, 2.05) is 0 Å². The number of nitrogen functional groups attached to an aromatic ring is 1. The Labute approximate surface area is 141 Å². The number of anilines is 1. The zero-order valence-corrected chi connectivity index (χ0v) is 13.7. The minimum atomic E-state index is -0.378. The number of nitrogens with zero attached hydrogens (tertiary/aromatic N) is 4. The van der Waals surface area contributed by atoms with E-state index in [0.29, 0.717) is 44.2 Å². The minimum absolute atomic E-state index is 0.0546. The van der Waals surface area contributed by atoms with Crippen molar-refractivity contribution in [1.29, 1.82) is 0 Å². The van der Waals surface area contributed by atoms with Gasteiger partial charge in [0.1, 0.15) is 17.6 Å². The average molecular weight is 333 g/mol. The summed E-state index contributed by atoms with van der Waals surface area (Å²) in [5.74, 6) is 0.337. The van der Waals surface area contributed by atoms with Gasteiger partial charge in [-0.2, -0.15) is 0 Å². The smallest absolute Gasteiger partial charge is 0.242 e. The summed E-state index contributed by atoms with van der Waals surface area (Å²) in [6, 6.07) is 0. The highest BCUT2D eigenvalue weighted by Gasteiger charge is 2.29. The van der Waals surface area contributed by atoms with Crippen LogP contribution < -0.4 is 5.73 Å². The minimum Gasteiger partial charge on any atom is -0.382 e. The summed E-state index contributed by atoms with van der Waals surface area (Å²) >= 11 is 0. The number of hydrogen-bond donors (Lipinski definition) is 1. The molecule has 2 aliphatic rings. The Balaban J connectivity index is 1.62. The second kappa shape index (κ2) is 7.57. The van der Waals surface area contributed by atoms with Gasteiger partial charge in [-0.25, -0.2) is 4.98 Å². The molecule has 3 rings (SSSR count). The maximum Gasteiger partial charge on any atom is 0.242 e. The molecular formula is C16H23N5O3. The molecule has 1 aromatic heterocycles. The Morgan fingerprint density at radius 3 is 2.92 bits per heavy atom. The normalized spacial score (nSPS) is 22.3. The third-order valence-electron chi connectivity index (χ3n) is 4.48. The van der Waals surface area contributed by atoms with Crippen LogP contribution in [0.15, 0.2) is 12.4 Å². The van der Waals surface area contributed by atoms with Crippen LogP contribution in [0.1, 0.15) is 37.5 Å². The van der Waals surface area contributed by atoms with Crippen molar-refractivity contribution in [3.8, 4) is 0 Å². The molecule has 2 fully saturated rings. The van der Waals surface area contributed by atoms with E-state index in [4.69, 9.17) is 10.5 Å². The Morgan fingerprint density at radius 1 is 1.25 bits per heavy atom. The van der Waals surface area contributed by atoms with Crippen molar-refractivity contribution in [2.45, 2.75) is 31.8 Å². The van der Waals surface area contributed by atoms with Crippen LogP contribution in [0, 0.1) is 0 Å². The molecule has 0 saturated carbocycles. The van der Waals surface area contributed by atoms with Crippen LogP contribution in [-0.2, 0) is 14.3 Å². The van der Waals surface area contributed by atoms with E-state index >= 15 is 0 Å². The maximum atomic E-state index is 12.6. The van der Waals surface area contributed by atoms with Crippen molar-refractivity contribution in [2.24, 2.45) is 0 Å². The first kappa shape index (κ1) is 16.6.